The van der Waals surface area contributed by atoms with E-state index < -0.39 is 0 Å². The minimum atomic E-state index is -0.281. The summed E-state index contributed by atoms with van der Waals surface area (Å²) in [6.07, 6.45) is 4.16. The minimum absolute atomic E-state index is 0. The fraction of sp³-hybridized carbons (Fsp3) is 0.278. The van der Waals surface area contributed by atoms with E-state index in [9.17, 15) is 4.39 Å². The Morgan fingerprint density at radius 2 is 2.04 bits per heavy atom. The lowest BCUT2D eigenvalue weighted by molar-refractivity contribution is 0.571. The number of aromatic nitrogens is 2. The van der Waals surface area contributed by atoms with Gasteiger partial charge in [0.05, 0.1) is 12.2 Å². The van der Waals surface area contributed by atoms with Crippen LogP contribution in [-0.4, -0.2) is 29.5 Å². The van der Waals surface area contributed by atoms with Crippen molar-refractivity contribution in [3.8, 4) is 11.5 Å². The van der Waals surface area contributed by atoms with Crippen LogP contribution in [0.1, 0.15) is 15.6 Å². The largest absolute Gasteiger partial charge is 0.444 e. The Bertz CT molecular complexity index is 878. The SMILES string of the molecule is CN=C(NCCc1coc(-c2ccc(F)cc2)n1)NCc1ncc(C)s1.I. The molecule has 3 rings (SSSR count). The smallest absolute Gasteiger partial charge is 0.226 e. The lowest BCUT2D eigenvalue weighted by Gasteiger charge is -2.09. The average Bonchev–Trinajstić information content (AvgIpc) is 3.28. The second kappa shape index (κ2) is 10.4. The Kier molecular flexibility index (Phi) is 8.17. The highest BCUT2D eigenvalue weighted by atomic mass is 127. The van der Waals surface area contributed by atoms with Crippen LogP contribution in [0.3, 0.4) is 0 Å². The minimum Gasteiger partial charge on any atom is -0.444 e. The van der Waals surface area contributed by atoms with Crippen molar-refractivity contribution in [3.05, 3.63) is 58.1 Å². The van der Waals surface area contributed by atoms with Crippen LogP contribution in [0.15, 0.2) is 46.1 Å². The van der Waals surface area contributed by atoms with E-state index >= 15 is 0 Å². The van der Waals surface area contributed by atoms with Gasteiger partial charge in [0.15, 0.2) is 5.96 Å². The molecule has 6 nitrogen and oxygen atoms in total. The molecule has 27 heavy (non-hydrogen) atoms. The summed E-state index contributed by atoms with van der Waals surface area (Å²) in [6, 6.07) is 6.07. The number of hydrogen-bond acceptors (Lipinski definition) is 5. The Labute approximate surface area is 178 Å². The topological polar surface area (TPSA) is 75.3 Å². The molecule has 1 aromatic carbocycles. The van der Waals surface area contributed by atoms with Crippen molar-refractivity contribution in [3.63, 3.8) is 0 Å². The van der Waals surface area contributed by atoms with Gasteiger partial charge in [0.25, 0.3) is 0 Å². The van der Waals surface area contributed by atoms with Gasteiger partial charge in [0, 0.05) is 36.7 Å². The molecule has 0 amide bonds. The van der Waals surface area contributed by atoms with Gasteiger partial charge in [-0.05, 0) is 31.2 Å². The van der Waals surface area contributed by atoms with E-state index in [-0.39, 0.29) is 29.8 Å². The number of nitrogens with one attached hydrogen (secondary N) is 2. The van der Waals surface area contributed by atoms with Crippen LogP contribution in [0, 0.1) is 12.7 Å². The lowest BCUT2D eigenvalue weighted by atomic mass is 10.2. The summed E-state index contributed by atoms with van der Waals surface area (Å²) in [5.41, 5.74) is 1.57. The first-order valence-corrected chi connectivity index (χ1v) is 9.02. The van der Waals surface area contributed by atoms with Crippen LogP contribution in [0.5, 0.6) is 0 Å². The molecule has 2 heterocycles. The van der Waals surface area contributed by atoms with Gasteiger partial charge in [-0.25, -0.2) is 14.4 Å². The fourth-order valence-corrected chi connectivity index (χ4v) is 3.05. The first kappa shape index (κ1) is 21.3. The summed E-state index contributed by atoms with van der Waals surface area (Å²) in [4.78, 5) is 14.1. The maximum absolute atomic E-state index is 13.0. The van der Waals surface area contributed by atoms with Crippen LogP contribution in [0.25, 0.3) is 11.5 Å². The number of oxazole rings is 1. The van der Waals surface area contributed by atoms with E-state index in [4.69, 9.17) is 4.42 Å². The van der Waals surface area contributed by atoms with Crippen LogP contribution in [0.4, 0.5) is 4.39 Å². The van der Waals surface area contributed by atoms with E-state index in [1.54, 1.807) is 36.8 Å². The van der Waals surface area contributed by atoms with E-state index in [1.807, 2.05) is 13.1 Å². The standard InChI is InChI=1S/C18H20FN5OS.HI/c1-12-9-22-16(26-12)10-23-18(20-2)21-8-7-15-11-25-17(24-15)13-3-5-14(19)6-4-13;/h3-6,9,11H,7-8,10H2,1-2H3,(H2,20,21,23);1H. The van der Waals surface area contributed by atoms with Crippen molar-refractivity contribution >= 4 is 41.3 Å². The Morgan fingerprint density at radius 1 is 1.26 bits per heavy atom. The third-order valence-electron chi connectivity index (χ3n) is 3.62. The fourth-order valence-electron chi connectivity index (χ4n) is 2.32. The van der Waals surface area contributed by atoms with Crippen LogP contribution < -0.4 is 10.6 Å². The summed E-state index contributed by atoms with van der Waals surface area (Å²) in [7, 11) is 1.73. The quantitative estimate of drug-likeness (QED) is 0.306. The number of guanidine groups is 1. The molecule has 0 bridgehead atoms. The van der Waals surface area contributed by atoms with Gasteiger partial charge in [-0.1, -0.05) is 0 Å². The number of halogens is 2. The maximum Gasteiger partial charge on any atom is 0.226 e. The molecule has 3 aromatic rings. The summed E-state index contributed by atoms with van der Waals surface area (Å²) in [5.74, 6) is 0.915. The molecule has 0 aliphatic carbocycles. The molecular formula is C18H21FIN5OS. The molecule has 0 saturated carbocycles. The number of thiazole rings is 1. The molecule has 9 heteroatoms. The second-order valence-corrected chi connectivity index (χ2v) is 6.94. The molecule has 0 radical (unpaired) electrons. The molecular weight excluding hydrogens is 480 g/mol. The summed E-state index contributed by atoms with van der Waals surface area (Å²) < 4.78 is 18.4. The molecule has 0 aliphatic heterocycles. The van der Waals surface area contributed by atoms with Crippen molar-refractivity contribution in [2.24, 2.45) is 4.99 Å². The maximum atomic E-state index is 13.0. The van der Waals surface area contributed by atoms with Crippen LogP contribution >= 0.6 is 35.3 Å². The van der Waals surface area contributed by atoms with Gasteiger partial charge in [-0.2, -0.15) is 0 Å². The van der Waals surface area contributed by atoms with E-state index in [2.05, 4.69) is 25.6 Å². The van der Waals surface area contributed by atoms with Crippen molar-refractivity contribution in [1.29, 1.82) is 0 Å². The number of hydrogen-bond donors (Lipinski definition) is 2. The predicted molar refractivity (Wildman–Crippen MR) is 116 cm³/mol. The summed E-state index contributed by atoms with van der Waals surface area (Å²) in [5, 5.41) is 7.48. The van der Waals surface area contributed by atoms with Gasteiger partial charge in [0.2, 0.25) is 5.89 Å². The van der Waals surface area contributed by atoms with Crippen LogP contribution in [0.2, 0.25) is 0 Å². The monoisotopic (exact) mass is 501 g/mol. The number of aliphatic imine (C=N–C) groups is 1. The second-order valence-electron chi connectivity index (χ2n) is 5.62. The number of benzene rings is 1. The molecule has 0 saturated heterocycles. The van der Waals surface area contributed by atoms with Gasteiger partial charge in [0.1, 0.15) is 17.1 Å². The molecule has 0 atom stereocenters. The average molecular weight is 501 g/mol. The van der Waals surface area contributed by atoms with E-state index in [0.717, 1.165) is 16.3 Å². The zero-order chi connectivity index (χ0) is 18.4. The Balaban J connectivity index is 0.00000261. The van der Waals surface area contributed by atoms with Gasteiger partial charge in [-0.15, -0.1) is 35.3 Å². The molecule has 2 N–H and O–H groups in total. The summed E-state index contributed by atoms with van der Waals surface area (Å²) in [6.45, 7) is 3.33. The molecule has 2 aromatic heterocycles. The zero-order valence-corrected chi connectivity index (χ0v) is 18.2. The third kappa shape index (κ3) is 6.28. The van der Waals surface area contributed by atoms with Gasteiger partial charge in [-0.3, -0.25) is 4.99 Å². The molecule has 0 fully saturated rings. The third-order valence-corrected chi connectivity index (χ3v) is 4.53. The van der Waals surface area contributed by atoms with Crippen molar-refractivity contribution < 1.29 is 8.81 Å². The molecule has 144 valence electrons. The first-order valence-electron chi connectivity index (χ1n) is 8.20. The van der Waals surface area contributed by atoms with Crippen molar-refractivity contribution in [2.75, 3.05) is 13.6 Å². The normalized spacial score (nSPS) is 11.1. The number of nitrogens with zero attached hydrogens (tertiary/aromatic N) is 3. The molecule has 0 aliphatic rings. The number of rotatable bonds is 6. The molecule has 0 spiro atoms. The van der Waals surface area contributed by atoms with Gasteiger partial charge < -0.3 is 15.1 Å². The predicted octanol–water partition coefficient (Wildman–Crippen LogP) is 3.77. The first-order chi connectivity index (χ1) is 12.6. The zero-order valence-electron chi connectivity index (χ0n) is 15.0. The van der Waals surface area contributed by atoms with Gasteiger partial charge >= 0.3 is 0 Å². The lowest BCUT2D eigenvalue weighted by Crippen LogP contribution is -2.37. The highest BCUT2D eigenvalue weighted by Gasteiger charge is 2.07. The van der Waals surface area contributed by atoms with E-state index in [1.165, 1.54) is 17.0 Å². The Hall–Kier alpha value is -2.01. The van der Waals surface area contributed by atoms with E-state index in [0.29, 0.717) is 31.4 Å². The molecule has 0 unspecified atom stereocenters. The van der Waals surface area contributed by atoms with Crippen molar-refractivity contribution in [2.45, 2.75) is 19.9 Å². The summed E-state index contributed by atoms with van der Waals surface area (Å²) >= 11 is 1.66. The van der Waals surface area contributed by atoms with Crippen LogP contribution in [-0.2, 0) is 13.0 Å². The highest BCUT2D eigenvalue weighted by molar-refractivity contribution is 14.0. The highest BCUT2D eigenvalue weighted by Crippen LogP contribution is 2.19. The number of aryl methyl sites for hydroxylation is 1. The Morgan fingerprint density at radius 3 is 2.70 bits per heavy atom. The van der Waals surface area contributed by atoms with Crippen molar-refractivity contribution in [1.82, 2.24) is 20.6 Å².